The van der Waals surface area contributed by atoms with Gasteiger partial charge >= 0.3 is 0 Å². The van der Waals surface area contributed by atoms with Crippen LogP contribution in [0.1, 0.15) is 27.2 Å². The summed E-state index contributed by atoms with van der Waals surface area (Å²) >= 11 is 5.84. The molecule has 138 valence electrons. The topological polar surface area (TPSA) is 53.9 Å². The number of piperidine rings is 1. The molecule has 6 heteroatoms. The Hall–Kier alpha value is -1.59. The van der Waals surface area contributed by atoms with E-state index in [0.717, 1.165) is 18.0 Å². The molecule has 2 N–H and O–H groups in total. The molecule has 2 rings (SSSR count). The molecule has 1 unspecified atom stereocenters. The SMILES string of the molecule is C[C@@H]1C[C@@H](C)CN(C(=O)[C@@H](C)[NH+](C)CC(=O)Nc2ccc(Cl)cc2)C1. The van der Waals surface area contributed by atoms with Crippen molar-refractivity contribution in [3.05, 3.63) is 29.3 Å². The Bertz CT molecular complexity index is 595. The molecule has 1 heterocycles. The lowest BCUT2D eigenvalue weighted by molar-refractivity contribution is -0.886. The fraction of sp³-hybridized carbons (Fsp3) is 0.579. The van der Waals surface area contributed by atoms with Crippen LogP contribution in [0.5, 0.6) is 0 Å². The maximum absolute atomic E-state index is 12.8. The predicted molar refractivity (Wildman–Crippen MR) is 101 cm³/mol. The molecule has 0 radical (unpaired) electrons. The minimum absolute atomic E-state index is 0.111. The maximum Gasteiger partial charge on any atom is 0.280 e. The Morgan fingerprint density at radius 2 is 1.80 bits per heavy atom. The van der Waals surface area contributed by atoms with Crippen molar-refractivity contribution in [2.45, 2.75) is 33.2 Å². The Balaban J connectivity index is 1.88. The van der Waals surface area contributed by atoms with Crippen LogP contribution in [0.4, 0.5) is 5.69 Å². The van der Waals surface area contributed by atoms with Gasteiger partial charge in [-0.2, -0.15) is 0 Å². The van der Waals surface area contributed by atoms with Gasteiger partial charge in [0, 0.05) is 23.8 Å². The van der Waals surface area contributed by atoms with E-state index in [-0.39, 0.29) is 24.4 Å². The van der Waals surface area contributed by atoms with Gasteiger partial charge < -0.3 is 15.1 Å². The van der Waals surface area contributed by atoms with Crippen LogP contribution in [-0.4, -0.2) is 49.4 Å². The molecule has 25 heavy (non-hydrogen) atoms. The van der Waals surface area contributed by atoms with Crippen LogP contribution in [0.15, 0.2) is 24.3 Å². The summed E-state index contributed by atoms with van der Waals surface area (Å²) in [5.74, 6) is 1.09. The highest BCUT2D eigenvalue weighted by atomic mass is 35.5. The van der Waals surface area contributed by atoms with Gasteiger partial charge in [0.1, 0.15) is 0 Å². The molecule has 4 atom stereocenters. The summed E-state index contributed by atoms with van der Waals surface area (Å²) in [5, 5.41) is 3.47. The van der Waals surface area contributed by atoms with Crippen LogP contribution in [0.2, 0.25) is 5.02 Å². The van der Waals surface area contributed by atoms with Gasteiger partial charge in [-0.15, -0.1) is 0 Å². The summed E-state index contributed by atoms with van der Waals surface area (Å²) in [6.45, 7) is 8.16. The second-order valence-electron chi connectivity index (χ2n) is 7.49. The van der Waals surface area contributed by atoms with Crippen LogP contribution in [0.3, 0.4) is 0 Å². The number of halogens is 1. The number of hydrogen-bond acceptors (Lipinski definition) is 2. The standard InChI is InChI=1S/C19H28ClN3O2/c1-13-9-14(2)11-23(10-13)19(25)15(3)22(4)12-18(24)21-17-7-5-16(20)6-8-17/h5-8,13-15H,9-12H2,1-4H3,(H,21,24)/p+1/t13-,14-,15-/m1/s1. The van der Waals surface area contributed by atoms with Crippen LogP contribution < -0.4 is 10.2 Å². The second-order valence-corrected chi connectivity index (χ2v) is 7.93. The molecule has 2 amide bonds. The Morgan fingerprint density at radius 1 is 1.24 bits per heavy atom. The molecule has 1 aliphatic rings. The molecule has 1 saturated heterocycles. The lowest BCUT2D eigenvalue weighted by Gasteiger charge is -2.36. The van der Waals surface area contributed by atoms with Gasteiger partial charge in [-0.05, 0) is 49.4 Å². The van der Waals surface area contributed by atoms with E-state index in [0.29, 0.717) is 22.5 Å². The van der Waals surface area contributed by atoms with E-state index in [1.165, 1.54) is 6.42 Å². The average molecular weight is 367 g/mol. The summed E-state index contributed by atoms with van der Waals surface area (Å²) in [6.07, 6.45) is 1.17. The van der Waals surface area contributed by atoms with Crippen molar-refractivity contribution >= 4 is 29.1 Å². The number of amides is 2. The Labute approximate surface area is 155 Å². The van der Waals surface area contributed by atoms with Crippen molar-refractivity contribution in [1.82, 2.24) is 4.90 Å². The molecule has 1 aromatic rings. The summed E-state index contributed by atoms with van der Waals surface area (Å²) in [7, 11) is 1.89. The zero-order valence-corrected chi connectivity index (χ0v) is 16.3. The number of likely N-dealkylation sites (N-methyl/N-ethyl adjacent to an activating group) is 1. The van der Waals surface area contributed by atoms with Crippen LogP contribution >= 0.6 is 11.6 Å². The highest BCUT2D eigenvalue weighted by molar-refractivity contribution is 6.30. The van der Waals surface area contributed by atoms with Gasteiger partial charge in [0.15, 0.2) is 12.6 Å². The van der Waals surface area contributed by atoms with E-state index < -0.39 is 0 Å². The number of anilines is 1. The maximum atomic E-state index is 12.8. The molecule has 0 aliphatic carbocycles. The van der Waals surface area contributed by atoms with Crippen molar-refractivity contribution in [3.8, 4) is 0 Å². The van der Waals surface area contributed by atoms with Gasteiger partial charge in [0.2, 0.25) is 0 Å². The van der Waals surface area contributed by atoms with Crippen molar-refractivity contribution in [1.29, 1.82) is 0 Å². The molecule has 0 saturated carbocycles. The van der Waals surface area contributed by atoms with Gasteiger partial charge in [0.05, 0.1) is 7.05 Å². The third-order valence-electron chi connectivity index (χ3n) is 4.86. The van der Waals surface area contributed by atoms with Crippen molar-refractivity contribution in [3.63, 3.8) is 0 Å². The summed E-state index contributed by atoms with van der Waals surface area (Å²) in [5.41, 5.74) is 0.708. The quantitative estimate of drug-likeness (QED) is 0.833. The number of carbonyl (C=O) groups excluding carboxylic acids is 2. The zero-order valence-electron chi connectivity index (χ0n) is 15.5. The highest BCUT2D eigenvalue weighted by Gasteiger charge is 2.32. The summed E-state index contributed by atoms with van der Waals surface area (Å²) < 4.78 is 0. The number of rotatable bonds is 5. The molecule has 0 aromatic heterocycles. The number of benzene rings is 1. The van der Waals surface area contributed by atoms with Crippen molar-refractivity contribution < 1.29 is 14.5 Å². The minimum Gasteiger partial charge on any atom is -0.337 e. The number of hydrogen-bond donors (Lipinski definition) is 2. The van der Waals surface area contributed by atoms with Gasteiger partial charge in [-0.3, -0.25) is 9.59 Å². The summed E-state index contributed by atoms with van der Waals surface area (Å²) in [6, 6.07) is 6.76. The molecule has 1 fully saturated rings. The second kappa shape index (κ2) is 8.68. The monoisotopic (exact) mass is 366 g/mol. The highest BCUT2D eigenvalue weighted by Crippen LogP contribution is 2.21. The first-order valence-corrected chi connectivity index (χ1v) is 9.30. The van der Waals surface area contributed by atoms with Crippen molar-refractivity contribution in [2.24, 2.45) is 11.8 Å². The first-order chi connectivity index (χ1) is 11.8. The fourth-order valence-corrected chi connectivity index (χ4v) is 3.60. The largest absolute Gasteiger partial charge is 0.337 e. The number of quaternary nitrogens is 1. The molecule has 1 aliphatic heterocycles. The van der Waals surface area contributed by atoms with E-state index >= 15 is 0 Å². The van der Waals surface area contributed by atoms with E-state index in [2.05, 4.69) is 19.2 Å². The fourth-order valence-electron chi connectivity index (χ4n) is 3.47. The molecule has 1 aromatic carbocycles. The van der Waals surface area contributed by atoms with Crippen LogP contribution in [0.25, 0.3) is 0 Å². The van der Waals surface area contributed by atoms with Crippen LogP contribution in [0, 0.1) is 11.8 Å². The Kier molecular flexibility index (Phi) is 6.85. The smallest absolute Gasteiger partial charge is 0.280 e. The van der Waals surface area contributed by atoms with Gasteiger partial charge in [-0.25, -0.2) is 0 Å². The van der Waals surface area contributed by atoms with E-state index in [1.54, 1.807) is 24.3 Å². The normalized spacial score (nSPS) is 23.0. The van der Waals surface area contributed by atoms with Gasteiger partial charge in [0.25, 0.3) is 11.8 Å². The number of nitrogens with one attached hydrogen (secondary N) is 2. The predicted octanol–water partition coefficient (Wildman–Crippen LogP) is 1.69. The number of nitrogens with zero attached hydrogens (tertiary/aromatic N) is 1. The number of likely N-dealkylation sites (tertiary alicyclic amines) is 1. The van der Waals surface area contributed by atoms with E-state index in [9.17, 15) is 9.59 Å². The first kappa shape index (κ1) is 19.7. The third kappa shape index (κ3) is 5.72. The zero-order chi connectivity index (χ0) is 18.6. The lowest BCUT2D eigenvalue weighted by atomic mass is 9.91. The number of carbonyl (C=O) groups is 2. The first-order valence-electron chi connectivity index (χ1n) is 8.92. The minimum atomic E-state index is -0.242. The van der Waals surface area contributed by atoms with E-state index in [4.69, 9.17) is 11.6 Å². The summed E-state index contributed by atoms with van der Waals surface area (Å²) in [4.78, 5) is 27.8. The average Bonchev–Trinajstić information content (AvgIpc) is 2.54. The molecule has 0 spiro atoms. The third-order valence-corrected chi connectivity index (χ3v) is 5.11. The van der Waals surface area contributed by atoms with E-state index in [1.807, 2.05) is 18.9 Å². The van der Waals surface area contributed by atoms with Gasteiger partial charge in [-0.1, -0.05) is 25.4 Å². The lowest BCUT2D eigenvalue weighted by Crippen LogP contribution is -3.15. The molecule has 0 bridgehead atoms. The molecular formula is C19H29ClN3O2+. The van der Waals surface area contributed by atoms with Crippen molar-refractivity contribution in [2.75, 3.05) is 32.0 Å². The molecule has 5 nitrogen and oxygen atoms in total. The Morgan fingerprint density at radius 3 is 2.36 bits per heavy atom. The van der Waals surface area contributed by atoms with Crippen LogP contribution in [-0.2, 0) is 9.59 Å². The molecular weight excluding hydrogens is 338 g/mol.